The molecule has 1 aromatic rings. The largest absolute Gasteiger partial charge is 0.399 e. The number of carbonyl (C=O) groups excluding carboxylic acids is 1. The average Bonchev–Trinajstić information content (AvgIpc) is 2.71. The standard InChI is InChI=1S/C18H28N2O/c1-2-5-15-7-4-12-20(13-11-15)18(21)10-9-16-6-3-8-17(19)14-16/h3,6,8,14-15H,2,4-5,7,9-13,19H2,1H3. The molecule has 2 rings (SSSR count). The molecule has 1 heterocycles. The van der Waals surface area contributed by atoms with E-state index in [9.17, 15) is 4.79 Å². The van der Waals surface area contributed by atoms with Crippen LogP contribution in [0.5, 0.6) is 0 Å². The van der Waals surface area contributed by atoms with E-state index in [-0.39, 0.29) is 0 Å². The van der Waals surface area contributed by atoms with Crippen molar-refractivity contribution in [2.75, 3.05) is 18.8 Å². The molecular formula is C18H28N2O. The summed E-state index contributed by atoms with van der Waals surface area (Å²) in [6, 6.07) is 7.85. The summed E-state index contributed by atoms with van der Waals surface area (Å²) in [5.41, 5.74) is 7.71. The predicted molar refractivity (Wildman–Crippen MR) is 88.0 cm³/mol. The van der Waals surface area contributed by atoms with Crippen LogP contribution in [0.1, 0.15) is 51.0 Å². The van der Waals surface area contributed by atoms with Gasteiger partial charge >= 0.3 is 0 Å². The van der Waals surface area contributed by atoms with E-state index in [0.717, 1.165) is 43.1 Å². The van der Waals surface area contributed by atoms with E-state index in [2.05, 4.69) is 11.8 Å². The molecule has 0 aliphatic carbocycles. The number of nitrogens with two attached hydrogens (primary N) is 1. The molecule has 1 unspecified atom stereocenters. The molecule has 1 aromatic carbocycles. The summed E-state index contributed by atoms with van der Waals surface area (Å²) < 4.78 is 0. The van der Waals surface area contributed by atoms with Gasteiger partial charge in [0.15, 0.2) is 0 Å². The monoisotopic (exact) mass is 288 g/mol. The van der Waals surface area contributed by atoms with Gasteiger partial charge in [0, 0.05) is 25.2 Å². The zero-order chi connectivity index (χ0) is 15.1. The number of rotatable bonds is 5. The van der Waals surface area contributed by atoms with Crippen molar-refractivity contribution >= 4 is 11.6 Å². The minimum Gasteiger partial charge on any atom is -0.399 e. The topological polar surface area (TPSA) is 46.3 Å². The highest BCUT2D eigenvalue weighted by molar-refractivity contribution is 5.76. The Morgan fingerprint density at radius 2 is 2.19 bits per heavy atom. The zero-order valence-corrected chi connectivity index (χ0v) is 13.2. The molecule has 1 aliphatic rings. The van der Waals surface area contributed by atoms with Gasteiger partial charge in [-0.1, -0.05) is 31.9 Å². The fourth-order valence-corrected chi connectivity index (χ4v) is 3.27. The lowest BCUT2D eigenvalue weighted by atomic mass is 9.96. The number of nitrogen functional groups attached to an aromatic ring is 1. The number of amides is 1. The number of anilines is 1. The first-order chi connectivity index (χ1) is 10.2. The number of likely N-dealkylation sites (tertiary alicyclic amines) is 1. The van der Waals surface area contributed by atoms with Crippen molar-refractivity contribution in [3.05, 3.63) is 29.8 Å². The predicted octanol–water partition coefficient (Wildman–Crippen LogP) is 3.63. The van der Waals surface area contributed by atoms with Crippen LogP contribution in [0.4, 0.5) is 5.69 Å². The second-order valence-corrected chi connectivity index (χ2v) is 6.21. The maximum atomic E-state index is 12.4. The van der Waals surface area contributed by atoms with Gasteiger partial charge in [-0.25, -0.2) is 0 Å². The molecule has 1 atom stereocenters. The van der Waals surface area contributed by atoms with Crippen molar-refractivity contribution in [3.8, 4) is 0 Å². The molecule has 1 amide bonds. The molecule has 3 nitrogen and oxygen atoms in total. The van der Waals surface area contributed by atoms with Crippen LogP contribution in [0.2, 0.25) is 0 Å². The lowest BCUT2D eigenvalue weighted by Gasteiger charge is -2.20. The Kier molecular flexibility index (Phi) is 6.09. The van der Waals surface area contributed by atoms with Gasteiger partial charge in [0.05, 0.1) is 0 Å². The van der Waals surface area contributed by atoms with Crippen LogP contribution in [0.25, 0.3) is 0 Å². The molecule has 0 spiro atoms. The van der Waals surface area contributed by atoms with E-state index in [1.807, 2.05) is 24.3 Å². The molecule has 1 fully saturated rings. The maximum Gasteiger partial charge on any atom is 0.222 e. The van der Waals surface area contributed by atoms with Crippen molar-refractivity contribution in [2.24, 2.45) is 5.92 Å². The molecule has 0 bridgehead atoms. The third-order valence-electron chi connectivity index (χ3n) is 4.48. The van der Waals surface area contributed by atoms with Crippen molar-refractivity contribution in [2.45, 2.75) is 51.9 Å². The first-order valence-electron chi connectivity index (χ1n) is 8.31. The molecule has 0 radical (unpaired) electrons. The normalized spacial score (nSPS) is 19.3. The zero-order valence-electron chi connectivity index (χ0n) is 13.2. The first-order valence-corrected chi connectivity index (χ1v) is 8.31. The lowest BCUT2D eigenvalue weighted by molar-refractivity contribution is -0.131. The number of aryl methyl sites for hydroxylation is 1. The highest BCUT2D eigenvalue weighted by atomic mass is 16.2. The molecule has 116 valence electrons. The average molecular weight is 288 g/mol. The third-order valence-corrected chi connectivity index (χ3v) is 4.48. The quantitative estimate of drug-likeness (QED) is 0.841. The molecular weight excluding hydrogens is 260 g/mol. The van der Waals surface area contributed by atoms with Gasteiger partial charge in [-0.15, -0.1) is 0 Å². The second kappa shape index (κ2) is 8.06. The molecule has 1 saturated heterocycles. The number of nitrogens with zero attached hydrogens (tertiary/aromatic N) is 1. The number of hydrogen-bond donors (Lipinski definition) is 1. The fraction of sp³-hybridized carbons (Fsp3) is 0.611. The summed E-state index contributed by atoms with van der Waals surface area (Å²) in [6.07, 6.45) is 7.58. The Morgan fingerprint density at radius 1 is 1.33 bits per heavy atom. The lowest BCUT2D eigenvalue weighted by Crippen LogP contribution is -2.32. The van der Waals surface area contributed by atoms with Crippen LogP contribution in [0, 0.1) is 5.92 Å². The summed E-state index contributed by atoms with van der Waals surface area (Å²) in [4.78, 5) is 14.4. The fourth-order valence-electron chi connectivity index (χ4n) is 3.27. The van der Waals surface area contributed by atoms with Crippen molar-refractivity contribution in [3.63, 3.8) is 0 Å². The van der Waals surface area contributed by atoms with E-state index in [0.29, 0.717) is 12.3 Å². The van der Waals surface area contributed by atoms with Crippen molar-refractivity contribution in [1.82, 2.24) is 4.90 Å². The summed E-state index contributed by atoms with van der Waals surface area (Å²) in [5.74, 6) is 1.12. The maximum absolute atomic E-state index is 12.4. The van der Waals surface area contributed by atoms with E-state index >= 15 is 0 Å². The van der Waals surface area contributed by atoms with Gasteiger partial charge in [0.2, 0.25) is 5.91 Å². The SMILES string of the molecule is CCCC1CCCN(C(=O)CCc2cccc(N)c2)CC1. The Morgan fingerprint density at radius 3 is 2.95 bits per heavy atom. The van der Waals surface area contributed by atoms with Crippen LogP contribution in [-0.2, 0) is 11.2 Å². The summed E-state index contributed by atoms with van der Waals surface area (Å²) >= 11 is 0. The Hall–Kier alpha value is -1.51. The van der Waals surface area contributed by atoms with Gasteiger partial charge in [-0.05, 0) is 49.3 Å². The molecule has 0 aromatic heterocycles. The van der Waals surface area contributed by atoms with Gasteiger partial charge in [-0.2, -0.15) is 0 Å². The van der Waals surface area contributed by atoms with Gasteiger partial charge < -0.3 is 10.6 Å². The minimum absolute atomic E-state index is 0.301. The summed E-state index contributed by atoms with van der Waals surface area (Å²) in [7, 11) is 0. The molecule has 21 heavy (non-hydrogen) atoms. The van der Waals surface area contributed by atoms with Crippen LogP contribution in [0.3, 0.4) is 0 Å². The molecule has 3 heteroatoms. The number of benzene rings is 1. The number of carbonyl (C=O) groups is 1. The van der Waals surface area contributed by atoms with Crippen LogP contribution in [0.15, 0.2) is 24.3 Å². The minimum atomic E-state index is 0.301. The smallest absolute Gasteiger partial charge is 0.222 e. The molecule has 2 N–H and O–H groups in total. The molecule has 0 saturated carbocycles. The summed E-state index contributed by atoms with van der Waals surface area (Å²) in [5, 5.41) is 0. The molecule has 1 aliphatic heterocycles. The third kappa shape index (κ3) is 5.07. The van der Waals surface area contributed by atoms with Crippen LogP contribution in [-0.4, -0.2) is 23.9 Å². The Bertz CT molecular complexity index is 458. The highest BCUT2D eigenvalue weighted by Gasteiger charge is 2.19. The number of hydrogen-bond acceptors (Lipinski definition) is 2. The van der Waals surface area contributed by atoms with Crippen LogP contribution < -0.4 is 5.73 Å². The first kappa shape index (κ1) is 15.9. The second-order valence-electron chi connectivity index (χ2n) is 6.21. The van der Waals surface area contributed by atoms with E-state index in [1.54, 1.807) is 0 Å². The van der Waals surface area contributed by atoms with Crippen molar-refractivity contribution in [1.29, 1.82) is 0 Å². The van der Waals surface area contributed by atoms with E-state index in [1.165, 1.54) is 25.7 Å². The van der Waals surface area contributed by atoms with E-state index < -0.39 is 0 Å². The Labute approximate surface area is 128 Å². The highest BCUT2D eigenvalue weighted by Crippen LogP contribution is 2.22. The van der Waals surface area contributed by atoms with Gasteiger partial charge in [-0.3, -0.25) is 4.79 Å². The van der Waals surface area contributed by atoms with Gasteiger partial charge in [0.1, 0.15) is 0 Å². The van der Waals surface area contributed by atoms with Gasteiger partial charge in [0.25, 0.3) is 0 Å². The van der Waals surface area contributed by atoms with Crippen molar-refractivity contribution < 1.29 is 4.79 Å². The van der Waals surface area contributed by atoms with E-state index in [4.69, 9.17) is 5.73 Å². The van der Waals surface area contributed by atoms with Crippen LogP contribution >= 0.6 is 0 Å². The summed E-state index contributed by atoms with van der Waals surface area (Å²) in [6.45, 7) is 4.13. The Balaban J connectivity index is 1.80.